The fourth-order valence-corrected chi connectivity index (χ4v) is 4.77. The highest BCUT2D eigenvalue weighted by atomic mass is 32.2. The highest BCUT2D eigenvalue weighted by Gasteiger charge is 2.21. The molecule has 0 spiro atoms. The second-order valence-electron chi connectivity index (χ2n) is 7.65. The Morgan fingerprint density at radius 3 is 2.23 bits per heavy atom. The van der Waals surface area contributed by atoms with Crippen LogP contribution in [0.3, 0.4) is 0 Å². The summed E-state index contributed by atoms with van der Waals surface area (Å²) in [4.78, 5) is 26.5. The van der Waals surface area contributed by atoms with Gasteiger partial charge in [0.1, 0.15) is 0 Å². The number of hydrogen-bond acceptors (Lipinski definition) is 3. The molecule has 0 saturated heterocycles. The first-order valence-electron chi connectivity index (χ1n) is 10.7. The number of anilines is 1. The third-order valence-corrected chi connectivity index (χ3v) is 6.42. The summed E-state index contributed by atoms with van der Waals surface area (Å²) >= 11 is 1.50. The highest BCUT2D eigenvalue weighted by Crippen LogP contribution is 2.32. The fourth-order valence-electron chi connectivity index (χ4n) is 3.80. The highest BCUT2D eigenvalue weighted by molar-refractivity contribution is 8.00. The molecule has 0 saturated carbocycles. The van der Waals surface area contributed by atoms with E-state index in [-0.39, 0.29) is 17.1 Å². The predicted octanol–water partition coefficient (Wildman–Crippen LogP) is 6.74. The molecule has 1 N–H and O–H groups in total. The van der Waals surface area contributed by atoms with Gasteiger partial charge in [0.15, 0.2) is 0 Å². The maximum absolute atomic E-state index is 13.5. The van der Waals surface area contributed by atoms with Crippen molar-refractivity contribution in [3.63, 3.8) is 0 Å². The van der Waals surface area contributed by atoms with Gasteiger partial charge < -0.3 is 5.32 Å². The first kappa shape index (κ1) is 21.2. The summed E-state index contributed by atoms with van der Waals surface area (Å²) in [5.41, 5.74) is 2.62. The maximum Gasteiger partial charge on any atom is 0.244 e. The van der Waals surface area contributed by atoms with E-state index in [1.165, 1.54) is 11.8 Å². The third-order valence-electron chi connectivity index (χ3n) is 5.34. The largest absolute Gasteiger partial charge is 0.326 e. The van der Waals surface area contributed by atoms with E-state index in [9.17, 15) is 9.59 Å². The van der Waals surface area contributed by atoms with Crippen LogP contribution in [0.5, 0.6) is 0 Å². The Morgan fingerprint density at radius 2 is 1.58 bits per heavy atom. The van der Waals surface area contributed by atoms with Gasteiger partial charge in [0.05, 0.1) is 16.3 Å². The molecule has 0 aliphatic carbocycles. The Bertz CT molecular complexity index is 1190. The van der Waals surface area contributed by atoms with E-state index in [0.717, 1.165) is 45.2 Å². The molecule has 1 atom stereocenters. The SMILES string of the molecule is CCCCC(=O)Nc1cccc(SC(C)C(=O)n2c3ccccc3c3ccccc32)c1. The summed E-state index contributed by atoms with van der Waals surface area (Å²) in [5.74, 6) is 0.0678. The molecule has 4 nitrogen and oxygen atoms in total. The van der Waals surface area contributed by atoms with Gasteiger partial charge in [-0.2, -0.15) is 0 Å². The fraction of sp³-hybridized carbons (Fsp3) is 0.231. The average Bonchev–Trinajstić information content (AvgIpc) is 3.12. The molecule has 1 aromatic heterocycles. The summed E-state index contributed by atoms with van der Waals surface area (Å²) in [6, 6.07) is 23.8. The number of benzene rings is 3. The molecule has 0 bridgehead atoms. The summed E-state index contributed by atoms with van der Waals surface area (Å²) < 4.78 is 1.83. The zero-order valence-electron chi connectivity index (χ0n) is 17.8. The number of fused-ring (bicyclic) bond motifs is 3. The van der Waals surface area contributed by atoms with Gasteiger partial charge in [0.25, 0.3) is 0 Å². The van der Waals surface area contributed by atoms with Crippen LogP contribution in [0.15, 0.2) is 77.7 Å². The number of hydrogen-bond donors (Lipinski definition) is 1. The van der Waals surface area contributed by atoms with Gasteiger partial charge in [0, 0.05) is 27.8 Å². The molecule has 4 rings (SSSR count). The first-order valence-corrected chi connectivity index (χ1v) is 11.6. The molecule has 0 radical (unpaired) electrons. The zero-order valence-corrected chi connectivity index (χ0v) is 18.6. The lowest BCUT2D eigenvalue weighted by molar-refractivity contribution is -0.116. The molecule has 158 valence electrons. The molecule has 4 aromatic rings. The summed E-state index contributed by atoms with van der Waals surface area (Å²) in [6.07, 6.45) is 2.40. The van der Waals surface area contributed by atoms with Gasteiger partial charge in [-0.25, -0.2) is 0 Å². The Morgan fingerprint density at radius 1 is 0.935 bits per heavy atom. The van der Waals surface area contributed by atoms with E-state index in [2.05, 4.69) is 24.4 Å². The summed E-state index contributed by atoms with van der Waals surface area (Å²) in [7, 11) is 0. The molecule has 31 heavy (non-hydrogen) atoms. The standard InChI is InChI=1S/C26H26N2O2S/c1-3-4-16-25(29)27-19-10-9-11-20(17-19)31-18(2)26(30)28-23-14-7-5-12-21(23)22-13-6-8-15-24(22)28/h5-15,17-18H,3-4,16H2,1-2H3,(H,27,29). The molecular weight excluding hydrogens is 404 g/mol. The van der Waals surface area contributed by atoms with Crippen molar-refractivity contribution < 1.29 is 9.59 Å². The van der Waals surface area contributed by atoms with Gasteiger partial charge in [0.2, 0.25) is 11.8 Å². The van der Waals surface area contributed by atoms with Gasteiger partial charge >= 0.3 is 0 Å². The van der Waals surface area contributed by atoms with Crippen LogP contribution in [0.25, 0.3) is 21.8 Å². The van der Waals surface area contributed by atoms with Gasteiger partial charge in [-0.3, -0.25) is 14.2 Å². The number of carbonyl (C=O) groups is 2. The normalized spacial score (nSPS) is 12.2. The van der Waals surface area contributed by atoms with Crippen molar-refractivity contribution in [1.82, 2.24) is 4.57 Å². The van der Waals surface area contributed by atoms with Crippen LogP contribution in [-0.4, -0.2) is 21.6 Å². The van der Waals surface area contributed by atoms with Crippen molar-refractivity contribution in [1.29, 1.82) is 0 Å². The van der Waals surface area contributed by atoms with Crippen molar-refractivity contribution in [2.75, 3.05) is 5.32 Å². The van der Waals surface area contributed by atoms with E-state index in [0.29, 0.717) is 6.42 Å². The van der Waals surface area contributed by atoms with Crippen LogP contribution in [0.2, 0.25) is 0 Å². The smallest absolute Gasteiger partial charge is 0.244 e. The minimum Gasteiger partial charge on any atom is -0.326 e. The minimum absolute atomic E-state index is 0.0263. The van der Waals surface area contributed by atoms with Crippen LogP contribution >= 0.6 is 11.8 Å². The van der Waals surface area contributed by atoms with E-state index in [4.69, 9.17) is 0 Å². The van der Waals surface area contributed by atoms with Crippen LogP contribution in [0.4, 0.5) is 5.69 Å². The number of nitrogens with zero attached hydrogens (tertiary/aromatic N) is 1. The molecule has 0 fully saturated rings. The molecule has 1 amide bonds. The van der Waals surface area contributed by atoms with E-state index in [1.54, 1.807) is 0 Å². The second kappa shape index (κ2) is 9.40. The minimum atomic E-state index is -0.287. The van der Waals surface area contributed by atoms with E-state index < -0.39 is 0 Å². The van der Waals surface area contributed by atoms with E-state index in [1.807, 2.05) is 72.2 Å². The molecule has 5 heteroatoms. The molecule has 1 unspecified atom stereocenters. The quantitative estimate of drug-likeness (QED) is 0.330. The van der Waals surface area contributed by atoms with Gasteiger partial charge in [-0.05, 0) is 43.7 Å². The summed E-state index contributed by atoms with van der Waals surface area (Å²) in [6.45, 7) is 4.00. The second-order valence-corrected chi connectivity index (χ2v) is 9.06. The molecule has 0 aliphatic rings. The van der Waals surface area contributed by atoms with Crippen LogP contribution in [0, 0.1) is 0 Å². The van der Waals surface area contributed by atoms with Crippen molar-refractivity contribution >= 4 is 51.1 Å². The lowest BCUT2D eigenvalue weighted by Crippen LogP contribution is -2.21. The van der Waals surface area contributed by atoms with Crippen LogP contribution in [-0.2, 0) is 4.79 Å². The number of nitrogens with one attached hydrogen (secondary N) is 1. The van der Waals surface area contributed by atoms with Crippen LogP contribution in [0.1, 0.15) is 37.9 Å². The monoisotopic (exact) mass is 430 g/mol. The van der Waals surface area contributed by atoms with Crippen LogP contribution < -0.4 is 5.32 Å². The van der Waals surface area contributed by atoms with Gasteiger partial charge in [-0.15, -0.1) is 11.8 Å². The molecular formula is C26H26N2O2S. The maximum atomic E-state index is 13.5. The van der Waals surface area contributed by atoms with Gasteiger partial charge in [-0.1, -0.05) is 55.8 Å². The van der Waals surface area contributed by atoms with Crippen molar-refractivity contribution in [3.05, 3.63) is 72.8 Å². The molecule has 3 aromatic carbocycles. The Balaban J connectivity index is 1.57. The zero-order chi connectivity index (χ0) is 21.8. The predicted molar refractivity (Wildman–Crippen MR) is 130 cm³/mol. The topological polar surface area (TPSA) is 51.1 Å². The first-order chi connectivity index (χ1) is 15.1. The lowest BCUT2D eigenvalue weighted by Gasteiger charge is -2.14. The lowest BCUT2D eigenvalue weighted by atomic mass is 10.2. The average molecular weight is 431 g/mol. The van der Waals surface area contributed by atoms with Crippen molar-refractivity contribution in [2.45, 2.75) is 43.3 Å². The Kier molecular flexibility index (Phi) is 6.42. The van der Waals surface area contributed by atoms with Crippen molar-refractivity contribution in [2.24, 2.45) is 0 Å². The Hall–Kier alpha value is -3.05. The van der Waals surface area contributed by atoms with E-state index >= 15 is 0 Å². The third kappa shape index (κ3) is 4.52. The number of unbranched alkanes of at least 4 members (excludes halogenated alkanes) is 1. The molecule has 1 heterocycles. The number of para-hydroxylation sites is 2. The summed E-state index contributed by atoms with van der Waals surface area (Å²) in [5, 5.41) is 4.83. The number of aromatic nitrogens is 1. The number of carbonyl (C=O) groups excluding carboxylic acids is 2. The number of amides is 1. The Labute approximate surface area is 186 Å². The van der Waals surface area contributed by atoms with Crippen molar-refractivity contribution in [3.8, 4) is 0 Å². The molecule has 0 aliphatic heterocycles. The number of rotatable bonds is 7. The number of thioether (sulfide) groups is 1.